The third-order valence-corrected chi connectivity index (χ3v) is 5.81. The second-order valence-corrected chi connectivity index (χ2v) is 8.02. The molecule has 5 nitrogen and oxygen atoms in total. The van der Waals surface area contributed by atoms with E-state index in [1.165, 1.54) is 16.9 Å². The molecule has 0 unspecified atom stereocenters. The van der Waals surface area contributed by atoms with Crippen LogP contribution in [0, 0.1) is 20.8 Å². The summed E-state index contributed by atoms with van der Waals surface area (Å²) in [5.74, 6) is 0.900. The van der Waals surface area contributed by atoms with E-state index in [0.717, 1.165) is 39.6 Å². The predicted octanol–water partition coefficient (Wildman–Crippen LogP) is 4.74. The summed E-state index contributed by atoms with van der Waals surface area (Å²) in [4.78, 5) is 15.2. The van der Waals surface area contributed by atoms with Gasteiger partial charge in [0.1, 0.15) is 12.4 Å². The Balaban J connectivity index is 1.62. The van der Waals surface area contributed by atoms with Crippen molar-refractivity contribution in [1.29, 1.82) is 0 Å². The molecule has 0 spiro atoms. The Kier molecular flexibility index (Phi) is 6.19. The van der Waals surface area contributed by atoms with E-state index < -0.39 is 0 Å². The van der Waals surface area contributed by atoms with Gasteiger partial charge in [-0.25, -0.2) is 0 Å². The van der Waals surface area contributed by atoms with Crippen LogP contribution in [-0.2, 0) is 19.7 Å². The molecule has 0 fully saturated rings. The van der Waals surface area contributed by atoms with E-state index in [1.807, 2.05) is 55.4 Å². The number of carbonyl (C=O) groups is 1. The maximum Gasteiger partial charge on any atom is 0.263 e. The number of ether oxygens (including phenoxy) is 1. The first-order valence-electron chi connectivity index (χ1n) is 9.43. The first-order valence-corrected chi connectivity index (χ1v) is 10.3. The van der Waals surface area contributed by atoms with E-state index in [4.69, 9.17) is 4.74 Å². The minimum absolute atomic E-state index is 0.0198. The minimum Gasteiger partial charge on any atom is -0.489 e. The fourth-order valence-corrected chi connectivity index (χ4v) is 4.05. The van der Waals surface area contributed by atoms with Gasteiger partial charge in [0.2, 0.25) is 0 Å². The molecule has 0 aliphatic carbocycles. The van der Waals surface area contributed by atoms with Gasteiger partial charge in [0.05, 0.1) is 11.1 Å². The molecule has 0 saturated carbocycles. The Morgan fingerprint density at radius 1 is 1.25 bits per heavy atom. The lowest BCUT2D eigenvalue weighted by atomic mass is 10.1. The zero-order chi connectivity index (χ0) is 20.3. The molecule has 0 atom stereocenters. The van der Waals surface area contributed by atoms with Crippen molar-refractivity contribution < 1.29 is 9.53 Å². The monoisotopic (exact) mass is 397 g/mol. The maximum absolute atomic E-state index is 12.8. The van der Waals surface area contributed by atoms with Gasteiger partial charge in [-0.05, 0) is 50.8 Å². The Labute approximate surface area is 170 Å². The van der Waals surface area contributed by atoms with Gasteiger partial charge in [-0.2, -0.15) is 5.10 Å². The lowest BCUT2D eigenvalue weighted by Crippen LogP contribution is -2.25. The molecule has 3 rings (SSSR count). The summed E-state index contributed by atoms with van der Waals surface area (Å²) in [7, 11) is 1.83. The van der Waals surface area contributed by atoms with Crippen molar-refractivity contribution in [1.82, 2.24) is 14.7 Å². The molecule has 0 N–H and O–H groups in total. The van der Waals surface area contributed by atoms with Crippen LogP contribution in [0.3, 0.4) is 0 Å². The first-order chi connectivity index (χ1) is 13.4. The number of hydrogen-bond donors (Lipinski definition) is 0. The molecule has 0 saturated heterocycles. The highest BCUT2D eigenvalue weighted by Gasteiger charge is 2.17. The molecule has 2 aromatic heterocycles. The van der Waals surface area contributed by atoms with Crippen molar-refractivity contribution in [2.24, 2.45) is 0 Å². The fraction of sp³-hybridized carbons (Fsp3) is 0.364. The quantitative estimate of drug-likeness (QED) is 0.578. The molecule has 3 aromatic rings. The Bertz CT molecular complexity index is 974. The molecule has 1 amide bonds. The molecule has 0 radical (unpaired) electrons. The average molecular weight is 398 g/mol. The third-order valence-electron chi connectivity index (χ3n) is 4.85. The highest BCUT2D eigenvalue weighted by Crippen LogP contribution is 2.23. The van der Waals surface area contributed by atoms with Crippen LogP contribution in [-0.4, -0.2) is 27.6 Å². The summed E-state index contributed by atoms with van der Waals surface area (Å²) >= 11 is 1.46. The molecule has 2 heterocycles. The number of aromatic nitrogens is 2. The van der Waals surface area contributed by atoms with E-state index in [9.17, 15) is 4.79 Å². The van der Waals surface area contributed by atoms with Gasteiger partial charge in [0.25, 0.3) is 5.91 Å². The van der Waals surface area contributed by atoms with Gasteiger partial charge in [-0.3, -0.25) is 9.48 Å². The molecule has 6 heteroatoms. The number of carbonyl (C=O) groups excluding carboxylic acids is 1. The summed E-state index contributed by atoms with van der Waals surface area (Å²) in [6, 6.07) is 8.07. The Morgan fingerprint density at radius 2 is 2.04 bits per heavy atom. The van der Waals surface area contributed by atoms with Crippen molar-refractivity contribution in [3.8, 4) is 5.75 Å². The summed E-state index contributed by atoms with van der Waals surface area (Å²) in [6.07, 6.45) is 1.85. The van der Waals surface area contributed by atoms with E-state index in [0.29, 0.717) is 13.2 Å². The summed E-state index contributed by atoms with van der Waals surface area (Å²) in [6.45, 7) is 10.1. The fourth-order valence-electron chi connectivity index (χ4n) is 3.16. The lowest BCUT2D eigenvalue weighted by Gasteiger charge is -2.16. The maximum atomic E-state index is 12.8. The highest BCUT2D eigenvalue weighted by molar-refractivity contribution is 7.12. The zero-order valence-electron chi connectivity index (χ0n) is 17.2. The summed E-state index contributed by atoms with van der Waals surface area (Å²) in [5, 5.41) is 6.34. The molecule has 1 aromatic carbocycles. The van der Waals surface area contributed by atoms with Crippen molar-refractivity contribution in [3.05, 3.63) is 68.7 Å². The van der Waals surface area contributed by atoms with Crippen LogP contribution in [0.25, 0.3) is 0 Å². The van der Waals surface area contributed by atoms with E-state index in [-0.39, 0.29) is 5.91 Å². The van der Waals surface area contributed by atoms with Crippen LogP contribution in [0.15, 0.2) is 35.8 Å². The van der Waals surface area contributed by atoms with Gasteiger partial charge < -0.3 is 9.64 Å². The van der Waals surface area contributed by atoms with Crippen LogP contribution in [0.2, 0.25) is 0 Å². The number of amides is 1. The van der Waals surface area contributed by atoms with Crippen LogP contribution >= 0.6 is 11.3 Å². The van der Waals surface area contributed by atoms with Crippen molar-refractivity contribution in [3.63, 3.8) is 0 Å². The minimum atomic E-state index is 0.0198. The zero-order valence-corrected chi connectivity index (χ0v) is 18.0. The number of aryl methyl sites for hydroxylation is 3. The van der Waals surface area contributed by atoms with Crippen LogP contribution < -0.4 is 4.74 Å². The smallest absolute Gasteiger partial charge is 0.263 e. The average Bonchev–Trinajstić information content (AvgIpc) is 3.27. The van der Waals surface area contributed by atoms with Gasteiger partial charge in [0, 0.05) is 37.0 Å². The van der Waals surface area contributed by atoms with Gasteiger partial charge >= 0.3 is 0 Å². The van der Waals surface area contributed by atoms with E-state index in [1.54, 1.807) is 4.90 Å². The SMILES string of the molecule is CCn1ncc(CN(C)C(=O)c2cc(COc3ccc(C)cc3C)cs2)c1C. The predicted molar refractivity (Wildman–Crippen MR) is 113 cm³/mol. The molecule has 0 aliphatic rings. The highest BCUT2D eigenvalue weighted by atomic mass is 32.1. The van der Waals surface area contributed by atoms with E-state index in [2.05, 4.69) is 25.0 Å². The summed E-state index contributed by atoms with van der Waals surface area (Å²) in [5.41, 5.74) is 5.53. The third kappa shape index (κ3) is 4.44. The van der Waals surface area contributed by atoms with Crippen LogP contribution in [0.1, 0.15) is 44.5 Å². The van der Waals surface area contributed by atoms with E-state index >= 15 is 0 Å². The molecule has 28 heavy (non-hydrogen) atoms. The molecule has 0 aliphatic heterocycles. The first kappa shape index (κ1) is 20.1. The molecular weight excluding hydrogens is 370 g/mol. The number of nitrogens with zero attached hydrogens (tertiary/aromatic N) is 3. The Hall–Kier alpha value is -2.60. The number of thiophene rings is 1. The number of benzene rings is 1. The van der Waals surface area contributed by atoms with Crippen molar-refractivity contribution >= 4 is 17.2 Å². The lowest BCUT2D eigenvalue weighted by molar-refractivity contribution is 0.0789. The summed E-state index contributed by atoms with van der Waals surface area (Å²) < 4.78 is 7.87. The molecule has 0 bridgehead atoms. The second-order valence-electron chi connectivity index (χ2n) is 7.11. The molecular formula is C22H27N3O2S. The van der Waals surface area contributed by atoms with Gasteiger partial charge in [-0.1, -0.05) is 17.7 Å². The van der Waals surface area contributed by atoms with Gasteiger partial charge in [0.15, 0.2) is 0 Å². The standard InChI is InChI=1S/C22H27N3O2S/c1-6-25-17(4)19(11-23-25)12-24(5)22(26)21-10-18(14-28-21)13-27-20-8-7-15(2)9-16(20)3/h7-11,14H,6,12-13H2,1-5H3. The largest absolute Gasteiger partial charge is 0.489 e. The van der Waals surface area contributed by atoms with Crippen molar-refractivity contribution in [2.75, 3.05) is 7.05 Å². The normalized spacial score (nSPS) is 10.9. The molecule has 148 valence electrons. The van der Waals surface area contributed by atoms with Gasteiger partial charge in [-0.15, -0.1) is 11.3 Å². The van der Waals surface area contributed by atoms with Crippen molar-refractivity contribution in [2.45, 2.75) is 47.4 Å². The number of rotatable bonds is 7. The Morgan fingerprint density at radius 3 is 2.71 bits per heavy atom. The van der Waals surface area contributed by atoms with Crippen LogP contribution in [0.5, 0.6) is 5.75 Å². The number of hydrogen-bond acceptors (Lipinski definition) is 4. The topological polar surface area (TPSA) is 47.4 Å². The second kappa shape index (κ2) is 8.61. The van der Waals surface area contributed by atoms with Crippen LogP contribution in [0.4, 0.5) is 0 Å².